The molecule has 0 unspecified atom stereocenters. The third-order valence-electron chi connectivity index (χ3n) is 10.5. The van der Waals surface area contributed by atoms with Crippen LogP contribution in [-0.4, -0.2) is 58.7 Å². The van der Waals surface area contributed by atoms with Gasteiger partial charge in [0.05, 0.1) is 11.0 Å². The standard InChI is InChI=1S/C27H37NO4/c1-6-7-10-23(2,30)19-16-25-11-12-27(19,31-5)24(3)26(25)13-14-28(4)20(25)15-17-8-9-18(29)22(32-24)21(17)26/h8-9,11-12,19-20,29-30H,6-7,10,13-16H2,1-5H3/t19-,20+,23+,24-,25-,26+,27+/m1/s1. The van der Waals surface area contributed by atoms with Gasteiger partial charge in [0.2, 0.25) is 0 Å². The predicted molar refractivity (Wildman–Crippen MR) is 123 cm³/mol. The van der Waals surface area contributed by atoms with E-state index in [9.17, 15) is 10.2 Å². The van der Waals surface area contributed by atoms with Crippen LogP contribution in [0.2, 0.25) is 0 Å². The lowest BCUT2D eigenvalue weighted by Gasteiger charge is -2.75. The minimum absolute atomic E-state index is 0.0957. The largest absolute Gasteiger partial charge is 0.504 e. The monoisotopic (exact) mass is 439 g/mol. The highest BCUT2D eigenvalue weighted by Gasteiger charge is 2.85. The van der Waals surface area contributed by atoms with E-state index >= 15 is 0 Å². The van der Waals surface area contributed by atoms with Gasteiger partial charge in [0.25, 0.3) is 0 Å². The number of piperidine rings is 1. The van der Waals surface area contributed by atoms with Gasteiger partial charge in [-0.05, 0) is 64.8 Å². The van der Waals surface area contributed by atoms with E-state index < -0.39 is 16.8 Å². The molecule has 2 fully saturated rings. The van der Waals surface area contributed by atoms with Crippen molar-refractivity contribution in [1.29, 1.82) is 0 Å². The summed E-state index contributed by atoms with van der Waals surface area (Å²) >= 11 is 0. The van der Waals surface area contributed by atoms with Crippen LogP contribution in [-0.2, 0) is 16.6 Å². The van der Waals surface area contributed by atoms with Crippen molar-refractivity contribution in [1.82, 2.24) is 4.90 Å². The van der Waals surface area contributed by atoms with Crippen LogP contribution in [0.25, 0.3) is 0 Å². The molecule has 4 aliphatic carbocycles. The number of unbranched alkanes of at least 4 members (excludes halogenated alkanes) is 1. The number of ether oxygens (including phenoxy) is 2. The topological polar surface area (TPSA) is 62.2 Å². The molecule has 1 saturated heterocycles. The molecule has 0 amide bonds. The molecule has 0 aromatic heterocycles. The second-order valence-electron chi connectivity index (χ2n) is 11.5. The van der Waals surface area contributed by atoms with Crippen LogP contribution < -0.4 is 4.74 Å². The van der Waals surface area contributed by atoms with Crippen molar-refractivity contribution in [2.75, 3.05) is 20.7 Å². The van der Waals surface area contributed by atoms with Gasteiger partial charge in [-0.2, -0.15) is 0 Å². The molecule has 2 aliphatic heterocycles. The summed E-state index contributed by atoms with van der Waals surface area (Å²) in [6.07, 6.45) is 10.2. The maximum Gasteiger partial charge on any atom is 0.166 e. The second kappa shape index (κ2) is 6.11. The quantitative estimate of drug-likeness (QED) is 0.681. The van der Waals surface area contributed by atoms with Gasteiger partial charge in [-0.3, -0.25) is 0 Å². The Hall–Kier alpha value is -1.56. The summed E-state index contributed by atoms with van der Waals surface area (Å²) in [4.78, 5) is 2.52. The molecule has 5 nitrogen and oxygen atoms in total. The van der Waals surface area contributed by atoms with Crippen molar-refractivity contribution in [3.8, 4) is 11.5 Å². The molecule has 7 rings (SSSR count). The van der Waals surface area contributed by atoms with Crippen molar-refractivity contribution in [3.63, 3.8) is 0 Å². The average molecular weight is 440 g/mol. The van der Waals surface area contributed by atoms with Crippen LogP contribution in [0.1, 0.15) is 64.0 Å². The number of phenols is 1. The van der Waals surface area contributed by atoms with E-state index in [-0.39, 0.29) is 22.5 Å². The summed E-state index contributed by atoms with van der Waals surface area (Å²) in [5.74, 6) is 0.777. The van der Waals surface area contributed by atoms with Gasteiger partial charge in [-0.1, -0.05) is 38.0 Å². The number of methoxy groups -OCH3 is 1. The number of fused-ring (bicyclic) bond motifs is 1. The lowest BCUT2D eigenvalue weighted by atomic mass is 9.32. The first-order valence-electron chi connectivity index (χ1n) is 12.4. The van der Waals surface area contributed by atoms with Crippen molar-refractivity contribution < 1.29 is 19.7 Å². The molecular formula is C27H37NO4. The second-order valence-corrected chi connectivity index (χ2v) is 11.5. The normalized spacial score (nSPS) is 44.8. The van der Waals surface area contributed by atoms with E-state index in [1.807, 2.05) is 6.92 Å². The number of hydrogen-bond acceptors (Lipinski definition) is 5. The number of rotatable bonds is 5. The molecule has 6 aliphatic rings. The fraction of sp³-hybridized carbons (Fsp3) is 0.704. The van der Waals surface area contributed by atoms with Gasteiger partial charge in [-0.15, -0.1) is 0 Å². The summed E-state index contributed by atoms with van der Waals surface area (Å²) in [5, 5.41) is 22.8. The number of aliphatic hydroxyl groups is 1. The third-order valence-corrected chi connectivity index (χ3v) is 10.5. The highest BCUT2D eigenvalue weighted by atomic mass is 16.6. The SMILES string of the molecule is CCCC[C@](C)(O)[C@H]1C[C@@]23C=C[C@@]1(OC)[C@]1(C)Oc4c(O)ccc5c4[C@@]12CCN(C)[C@H]3C5. The zero-order valence-electron chi connectivity index (χ0n) is 20.1. The van der Waals surface area contributed by atoms with Crippen molar-refractivity contribution in [2.24, 2.45) is 11.3 Å². The Morgan fingerprint density at radius 3 is 2.81 bits per heavy atom. The third kappa shape index (κ3) is 1.93. The Kier molecular flexibility index (Phi) is 4.01. The Morgan fingerprint density at radius 2 is 2.09 bits per heavy atom. The number of benzene rings is 1. The molecule has 7 atom stereocenters. The lowest BCUT2D eigenvalue weighted by Crippen LogP contribution is -2.85. The Balaban J connectivity index is 1.66. The van der Waals surface area contributed by atoms with Crippen molar-refractivity contribution in [2.45, 2.75) is 87.6 Å². The molecule has 2 spiro atoms. The van der Waals surface area contributed by atoms with E-state index in [0.29, 0.717) is 11.8 Å². The summed E-state index contributed by atoms with van der Waals surface area (Å²) < 4.78 is 13.4. The summed E-state index contributed by atoms with van der Waals surface area (Å²) in [6, 6.07) is 4.23. The van der Waals surface area contributed by atoms with Crippen LogP contribution >= 0.6 is 0 Å². The van der Waals surface area contributed by atoms with Crippen molar-refractivity contribution >= 4 is 0 Å². The molecule has 1 saturated carbocycles. The number of aromatic hydroxyl groups is 1. The number of hydrogen-bond donors (Lipinski definition) is 2. The molecule has 0 radical (unpaired) electrons. The molecule has 5 heteroatoms. The Labute approximate surface area is 191 Å². The molecule has 1 aromatic carbocycles. The van der Waals surface area contributed by atoms with Gasteiger partial charge in [0.15, 0.2) is 11.5 Å². The van der Waals surface area contributed by atoms with Crippen LogP contribution in [0.4, 0.5) is 0 Å². The van der Waals surface area contributed by atoms with Gasteiger partial charge in [0, 0.05) is 30.0 Å². The van der Waals surface area contributed by atoms with Crippen LogP contribution in [0.15, 0.2) is 24.3 Å². The summed E-state index contributed by atoms with van der Waals surface area (Å²) in [6.45, 7) is 7.37. The lowest BCUT2D eigenvalue weighted by molar-refractivity contribution is -0.286. The highest BCUT2D eigenvalue weighted by Crippen LogP contribution is 2.79. The van der Waals surface area contributed by atoms with Crippen LogP contribution in [0.3, 0.4) is 0 Å². The first-order valence-corrected chi connectivity index (χ1v) is 12.4. The first kappa shape index (κ1) is 21.0. The first-order chi connectivity index (χ1) is 15.1. The van der Waals surface area contributed by atoms with Crippen molar-refractivity contribution in [3.05, 3.63) is 35.4 Å². The molecular weight excluding hydrogens is 402 g/mol. The zero-order chi connectivity index (χ0) is 22.7. The maximum atomic E-state index is 11.9. The van der Waals surface area contributed by atoms with Gasteiger partial charge in [0.1, 0.15) is 11.2 Å². The van der Waals surface area contributed by atoms with Crippen LogP contribution in [0, 0.1) is 11.3 Å². The number of likely N-dealkylation sites (tertiary alicyclic amines) is 1. The Bertz CT molecular complexity index is 1020. The van der Waals surface area contributed by atoms with Crippen LogP contribution in [0.5, 0.6) is 11.5 Å². The van der Waals surface area contributed by atoms with Gasteiger partial charge in [-0.25, -0.2) is 0 Å². The minimum atomic E-state index is -0.873. The zero-order valence-corrected chi connectivity index (χ0v) is 20.1. The maximum absolute atomic E-state index is 11.9. The van der Waals surface area contributed by atoms with E-state index in [2.05, 4.69) is 44.0 Å². The average Bonchev–Trinajstić information content (AvgIpc) is 3.07. The molecule has 2 N–H and O–H groups in total. The molecule has 2 heterocycles. The molecule has 1 aromatic rings. The van der Waals surface area contributed by atoms with E-state index in [0.717, 1.165) is 45.1 Å². The predicted octanol–water partition coefficient (Wildman–Crippen LogP) is 3.94. The van der Waals surface area contributed by atoms with Gasteiger partial charge < -0.3 is 24.6 Å². The van der Waals surface area contributed by atoms with E-state index in [1.54, 1.807) is 13.2 Å². The number of phenolic OH excluding ortho intramolecular Hbond substituents is 1. The van der Waals surface area contributed by atoms with E-state index in [1.165, 1.54) is 11.1 Å². The Morgan fingerprint density at radius 1 is 1.31 bits per heavy atom. The fourth-order valence-electron chi connectivity index (χ4n) is 9.09. The fourth-order valence-corrected chi connectivity index (χ4v) is 9.09. The van der Waals surface area contributed by atoms with Gasteiger partial charge >= 0.3 is 0 Å². The molecule has 174 valence electrons. The molecule has 32 heavy (non-hydrogen) atoms. The summed E-state index contributed by atoms with van der Waals surface area (Å²) in [7, 11) is 4.02. The highest BCUT2D eigenvalue weighted by molar-refractivity contribution is 5.67. The number of likely N-dealkylation sites (N-methyl/N-ethyl adjacent to an activating group) is 1. The number of nitrogens with zero attached hydrogens (tertiary/aromatic N) is 1. The van der Waals surface area contributed by atoms with E-state index in [4.69, 9.17) is 9.47 Å². The summed E-state index contributed by atoms with van der Waals surface area (Å²) in [5.41, 5.74) is -0.290. The smallest absolute Gasteiger partial charge is 0.166 e. The molecule has 4 bridgehead atoms. The minimum Gasteiger partial charge on any atom is -0.504 e.